The molecule has 1 aliphatic rings. The van der Waals surface area contributed by atoms with Gasteiger partial charge in [0, 0.05) is 21.4 Å². The largest absolute Gasteiger partial charge is 0.488 e. The van der Waals surface area contributed by atoms with E-state index in [1.54, 1.807) is 0 Å². The summed E-state index contributed by atoms with van der Waals surface area (Å²) < 4.78 is 12.6. The first-order chi connectivity index (χ1) is 10.2. The van der Waals surface area contributed by atoms with Crippen molar-refractivity contribution in [1.29, 1.82) is 0 Å². The second-order valence-electron chi connectivity index (χ2n) is 5.12. The number of halogens is 2. The number of hydrogen-bond donors (Lipinski definition) is 0. The molecule has 0 amide bonds. The van der Waals surface area contributed by atoms with Gasteiger partial charge >= 0.3 is 0 Å². The van der Waals surface area contributed by atoms with Crippen molar-refractivity contribution in [1.82, 2.24) is 0 Å². The molecule has 4 heteroatoms. The smallest absolute Gasteiger partial charge is 0.124 e. The molecule has 0 radical (unpaired) electrons. The Morgan fingerprint density at radius 3 is 2.86 bits per heavy atom. The van der Waals surface area contributed by atoms with Gasteiger partial charge in [0.1, 0.15) is 11.9 Å². The summed E-state index contributed by atoms with van der Waals surface area (Å²) in [6.45, 7) is 1.47. The molecule has 1 fully saturated rings. The minimum absolute atomic E-state index is 0.164. The van der Waals surface area contributed by atoms with Crippen molar-refractivity contribution < 1.29 is 9.47 Å². The Kier molecular flexibility index (Phi) is 5.03. The van der Waals surface area contributed by atoms with Crippen LogP contribution in [0.3, 0.4) is 0 Å². The summed E-state index contributed by atoms with van der Waals surface area (Å²) in [4.78, 5) is 0. The highest BCUT2D eigenvalue weighted by molar-refractivity contribution is 14.1. The van der Waals surface area contributed by atoms with Crippen molar-refractivity contribution in [2.24, 2.45) is 0 Å². The Morgan fingerprint density at radius 2 is 2.05 bits per heavy atom. The van der Waals surface area contributed by atoms with Gasteiger partial charge in [-0.2, -0.15) is 0 Å². The highest BCUT2D eigenvalue weighted by atomic mass is 127. The van der Waals surface area contributed by atoms with Crippen LogP contribution in [0.4, 0.5) is 0 Å². The molecule has 1 saturated heterocycles. The lowest BCUT2D eigenvalue weighted by Gasteiger charge is -2.16. The van der Waals surface area contributed by atoms with E-state index >= 15 is 0 Å². The van der Waals surface area contributed by atoms with Gasteiger partial charge in [0.15, 0.2) is 0 Å². The van der Waals surface area contributed by atoms with Crippen LogP contribution in [0, 0.1) is 3.57 Å². The highest BCUT2D eigenvalue weighted by Gasteiger charge is 2.18. The molecule has 2 aromatic rings. The number of benzene rings is 2. The molecular formula is C17H16ClIO2. The minimum atomic E-state index is 0.164. The van der Waals surface area contributed by atoms with Gasteiger partial charge in [0.05, 0.1) is 13.2 Å². The molecule has 0 unspecified atom stereocenters. The van der Waals surface area contributed by atoms with Crippen LogP contribution in [0.25, 0.3) is 0 Å². The topological polar surface area (TPSA) is 18.5 Å². The Balaban J connectivity index is 1.82. The molecule has 0 saturated carbocycles. The van der Waals surface area contributed by atoms with E-state index in [1.165, 1.54) is 3.57 Å². The van der Waals surface area contributed by atoms with Crippen molar-refractivity contribution >= 4 is 34.2 Å². The zero-order valence-corrected chi connectivity index (χ0v) is 14.4. The van der Waals surface area contributed by atoms with Gasteiger partial charge < -0.3 is 9.47 Å². The molecule has 2 nitrogen and oxygen atoms in total. The van der Waals surface area contributed by atoms with E-state index in [9.17, 15) is 0 Å². The average Bonchev–Trinajstić information content (AvgIpc) is 2.98. The molecule has 110 valence electrons. The van der Waals surface area contributed by atoms with Crippen LogP contribution >= 0.6 is 34.2 Å². The second-order valence-corrected chi connectivity index (χ2v) is 6.78. The highest BCUT2D eigenvalue weighted by Crippen LogP contribution is 2.28. The van der Waals surface area contributed by atoms with Gasteiger partial charge in [0.2, 0.25) is 0 Å². The number of hydrogen-bond acceptors (Lipinski definition) is 2. The van der Waals surface area contributed by atoms with E-state index in [-0.39, 0.29) is 6.10 Å². The molecule has 1 aliphatic heterocycles. The lowest BCUT2D eigenvalue weighted by Crippen LogP contribution is -2.16. The molecule has 3 rings (SSSR count). The predicted molar refractivity (Wildman–Crippen MR) is 93.3 cm³/mol. The third-order valence-electron chi connectivity index (χ3n) is 3.54. The fraction of sp³-hybridized carbons (Fsp3) is 0.294. The van der Waals surface area contributed by atoms with Gasteiger partial charge in [0.25, 0.3) is 0 Å². The SMILES string of the molecule is Clc1ccc(I)cc1Cc1ccccc1O[C@@H]1CCOC1. The van der Waals surface area contributed by atoms with E-state index < -0.39 is 0 Å². The maximum atomic E-state index is 6.30. The quantitative estimate of drug-likeness (QED) is 0.675. The average molecular weight is 415 g/mol. The minimum Gasteiger partial charge on any atom is -0.488 e. The Hall–Kier alpha value is -0.780. The summed E-state index contributed by atoms with van der Waals surface area (Å²) in [5.74, 6) is 0.933. The lowest BCUT2D eigenvalue weighted by atomic mass is 10.0. The van der Waals surface area contributed by atoms with Gasteiger partial charge in [-0.15, -0.1) is 0 Å². The van der Waals surface area contributed by atoms with Crippen LogP contribution in [-0.4, -0.2) is 19.3 Å². The van der Waals surface area contributed by atoms with Crippen molar-refractivity contribution in [3.05, 3.63) is 62.2 Å². The van der Waals surface area contributed by atoms with E-state index in [0.29, 0.717) is 6.61 Å². The monoisotopic (exact) mass is 414 g/mol. The molecule has 21 heavy (non-hydrogen) atoms. The van der Waals surface area contributed by atoms with Crippen LogP contribution < -0.4 is 4.74 Å². The summed E-state index contributed by atoms with van der Waals surface area (Å²) in [5, 5.41) is 0.800. The fourth-order valence-corrected chi connectivity index (χ4v) is 3.17. The maximum absolute atomic E-state index is 6.30. The summed E-state index contributed by atoms with van der Waals surface area (Å²) in [6.07, 6.45) is 1.90. The Morgan fingerprint density at radius 1 is 1.19 bits per heavy atom. The van der Waals surface area contributed by atoms with Crippen molar-refractivity contribution in [2.45, 2.75) is 18.9 Å². The van der Waals surface area contributed by atoms with E-state index in [0.717, 1.165) is 41.3 Å². The number of para-hydroxylation sites is 1. The normalized spacial score (nSPS) is 17.9. The zero-order chi connectivity index (χ0) is 14.7. The lowest BCUT2D eigenvalue weighted by molar-refractivity contribution is 0.140. The number of ether oxygens (including phenoxy) is 2. The summed E-state index contributed by atoms with van der Waals surface area (Å²) >= 11 is 8.61. The summed E-state index contributed by atoms with van der Waals surface area (Å²) in [5.41, 5.74) is 2.29. The first-order valence-electron chi connectivity index (χ1n) is 6.98. The Labute approximate surface area is 143 Å². The number of rotatable bonds is 4. The molecule has 0 spiro atoms. The molecule has 0 aliphatic carbocycles. The van der Waals surface area contributed by atoms with E-state index in [4.69, 9.17) is 21.1 Å². The molecule has 0 N–H and O–H groups in total. The van der Waals surface area contributed by atoms with Crippen molar-refractivity contribution in [3.8, 4) is 5.75 Å². The summed E-state index contributed by atoms with van der Waals surface area (Å²) in [6, 6.07) is 14.3. The van der Waals surface area contributed by atoms with Gasteiger partial charge in [-0.1, -0.05) is 29.8 Å². The fourth-order valence-electron chi connectivity index (χ4n) is 2.43. The van der Waals surface area contributed by atoms with Gasteiger partial charge in [-0.25, -0.2) is 0 Å². The van der Waals surface area contributed by atoms with Gasteiger partial charge in [-0.05, 0) is 58.0 Å². The standard InChI is InChI=1S/C17H16ClIO2/c18-16-6-5-14(19)10-13(16)9-12-3-1-2-4-17(12)21-15-7-8-20-11-15/h1-6,10,15H,7-9,11H2/t15-/m1/s1. The van der Waals surface area contributed by atoms with E-state index in [2.05, 4.69) is 34.7 Å². The maximum Gasteiger partial charge on any atom is 0.124 e. The molecule has 1 heterocycles. The zero-order valence-electron chi connectivity index (χ0n) is 11.5. The van der Waals surface area contributed by atoms with Crippen LogP contribution in [0.5, 0.6) is 5.75 Å². The molecule has 0 bridgehead atoms. The predicted octanol–water partition coefficient (Wildman–Crippen LogP) is 4.70. The molecule has 0 aromatic heterocycles. The third kappa shape index (κ3) is 3.90. The first kappa shape index (κ1) is 15.1. The van der Waals surface area contributed by atoms with Crippen LogP contribution in [0.1, 0.15) is 17.5 Å². The van der Waals surface area contributed by atoms with Crippen molar-refractivity contribution in [2.75, 3.05) is 13.2 Å². The summed E-state index contributed by atoms with van der Waals surface area (Å²) in [7, 11) is 0. The van der Waals surface area contributed by atoms with Crippen molar-refractivity contribution in [3.63, 3.8) is 0 Å². The molecule has 1 atom stereocenters. The third-order valence-corrected chi connectivity index (χ3v) is 4.58. The molecule has 2 aromatic carbocycles. The first-order valence-corrected chi connectivity index (χ1v) is 8.44. The molecular weight excluding hydrogens is 399 g/mol. The van der Waals surface area contributed by atoms with Crippen LogP contribution in [-0.2, 0) is 11.2 Å². The van der Waals surface area contributed by atoms with E-state index in [1.807, 2.05) is 30.3 Å². The second kappa shape index (κ2) is 6.99. The van der Waals surface area contributed by atoms with Crippen LogP contribution in [0.2, 0.25) is 5.02 Å². The Bertz CT molecular complexity index is 624. The van der Waals surface area contributed by atoms with Crippen LogP contribution in [0.15, 0.2) is 42.5 Å². The van der Waals surface area contributed by atoms with Gasteiger partial charge in [-0.3, -0.25) is 0 Å².